The van der Waals surface area contributed by atoms with Crippen LogP contribution in [0.2, 0.25) is 0 Å². The predicted molar refractivity (Wildman–Crippen MR) is 185 cm³/mol. The number of hydrogen-bond acceptors (Lipinski definition) is 7. The van der Waals surface area contributed by atoms with Crippen LogP contribution in [0.5, 0.6) is 0 Å². The molecule has 0 radical (unpaired) electrons. The Kier molecular flexibility index (Phi) is 8.03. The van der Waals surface area contributed by atoms with E-state index in [0.717, 1.165) is 65.1 Å². The minimum absolute atomic E-state index is 0.137. The molecule has 5 N–H and O–H groups in total. The standard InChI is InChI=1S/C37H40N8O6/c1-18(40-36(48)49)34(46)44-28-12-24(28)14-30(44)32-38-16-26(42-32)22-8-4-20(5-9-22)21-6-10-23(11-7-21)27-17-39-33(43-27)31-15-25-13-29(25)45(31)35(47)19(2)41-37(50)51-3/h4-11,16-19,24-25,28-31,40H,12-15H2,1-3H3,(H,38,42)(H,39,43)(H,41,50)(H,48,49)/t18-,19-,24-,25+,28-,29?,30-,31-/m0/s1. The number of amides is 4. The average molecular weight is 693 g/mol. The number of benzene rings is 2. The van der Waals surface area contributed by atoms with Crippen molar-refractivity contribution >= 4 is 24.0 Å². The molecule has 1 unspecified atom stereocenters. The fourth-order valence-electron chi connectivity index (χ4n) is 8.02. The first-order valence-electron chi connectivity index (χ1n) is 17.4. The van der Waals surface area contributed by atoms with E-state index in [1.807, 2.05) is 34.1 Å². The lowest BCUT2D eigenvalue weighted by Gasteiger charge is -2.29. The lowest BCUT2D eigenvalue weighted by molar-refractivity contribution is -0.135. The van der Waals surface area contributed by atoms with Gasteiger partial charge in [-0.05, 0) is 73.6 Å². The first kappa shape index (κ1) is 32.5. The highest BCUT2D eigenvalue weighted by molar-refractivity contribution is 5.87. The van der Waals surface area contributed by atoms with Crippen LogP contribution in [0.25, 0.3) is 33.6 Å². The zero-order valence-electron chi connectivity index (χ0n) is 28.5. The maximum atomic E-state index is 13.3. The summed E-state index contributed by atoms with van der Waals surface area (Å²) in [5.74, 6) is 1.98. The van der Waals surface area contributed by atoms with Crippen molar-refractivity contribution in [2.24, 2.45) is 11.8 Å². The molecule has 14 nitrogen and oxygen atoms in total. The van der Waals surface area contributed by atoms with Gasteiger partial charge in [-0.15, -0.1) is 0 Å². The van der Waals surface area contributed by atoms with Crippen LogP contribution in [0.3, 0.4) is 0 Å². The molecule has 264 valence electrons. The van der Waals surface area contributed by atoms with Gasteiger partial charge in [0.1, 0.15) is 23.7 Å². The molecule has 2 aliphatic carbocycles. The number of aromatic nitrogens is 4. The Morgan fingerprint density at radius 1 is 0.706 bits per heavy atom. The van der Waals surface area contributed by atoms with Gasteiger partial charge in [0.2, 0.25) is 11.8 Å². The number of fused-ring (bicyclic) bond motifs is 2. The number of carbonyl (C=O) groups is 4. The third kappa shape index (κ3) is 6.08. The summed E-state index contributed by atoms with van der Waals surface area (Å²) in [6, 6.07) is 14.8. The van der Waals surface area contributed by atoms with E-state index in [1.54, 1.807) is 26.2 Å². The SMILES string of the molecule is COC(=O)N[C@@H](C)C(=O)N1C2C[C@@H]2C[C@H]1c1ncc(-c2ccc(-c3ccc(-c4cnc([C@@H]5C[C@@H]6C[C@@H]6N5C(=O)[C@H](C)NC(=O)O)[nH]4)cc3)cc2)[nH]1. The molecule has 4 aliphatic rings. The Labute approximate surface area is 294 Å². The van der Waals surface area contributed by atoms with Crippen molar-refractivity contribution in [3.05, 3.63) is 72.6 Å². The number of ether oxygens (including phenoxy) is 1. The van der Waals surface area contributed by atoms with Crippen LogP contribution in [-0.2, 0) is 14.3 Å². The quantitative estimate of drug-likeness (QED) is 0.165. The number of imidazole rings is 2. The Morgan fingerprint density at radius 2 is 1.12 bits per heavy atom. The number of likely N-dealkylation sites (tertiary alicyclic amines) is 2. The van der Waals surface area contributed by atoms with E-state index in [2.05, 4.69) is 59.6 Å². The highest BCUT2D eigenvalue weighted by Crippen LogP contribution is 2.54. The van der Waals surface area contributed by atoms with E-state index in [1.165, 1.54) is 7.11 Å². The molecule has 2 saturated carbocycles. The van der Waals surface area contributed by atoms with Gasteiger partial charge in [0.05, 0.1) is 43.0 Å². The van der Waals surface area contributed by atoms with Crippen LogP contribution in [0.1, 0.15) is 63.3 Å². The van der Waals surface area contributed by atoms with Gasteiger partial charge in [0.25, 0.3) is 0 Å². The van der Waals surface area contributed by atoms with Crippen molar-refractivity contribution in [2.75, 3.05) is 7.11 Å². The second-order valence-corrected chi connectivity index (χ2v) is 14.2. The molecule has 0 spiro atoms. The molecule has 51 heavy (non-hydrogen) atoms. The smallest absolute Gasteiger partial charge is 0.407 e. The zero-order valence-corrected chi connectivity index (χ0v) is 28.5. The lowest BCUT2D eigenvalue weighted by atomic mass is 10.0. The number of methoxy groups -OCH3 is 1. The molecule has 4 fully saturated rings. The fourth-order valence-corrected chi connectivity index (χ4v) is 8.02. The summed E-state index contributed by atoms with van der Waals surface area (Å²) in [4.78, 5) is 69.1. The van der Waals surface area contributed by atoms with E-state index in [-0.39, 0.29) is 36.0 Å². The summed E-state index contributed by atoms with van der Waals surface area (Å²) >= 11 is 0. The van der Waals surface area contributed by atoms with Crippen molar-refractivity contribution in [3.63, 3.8) is 0 Å². The van der Waals surface area contributed by atoms with Crippen molar-refractivity contribution in [2.45, 2.75) is 75.8 Å². The van der Waals surface area contributed by atoms with Crippen LogP contribution in [0, 0.1) is 11.8 Å². The molecular formula is C37H40N8O6. The van der Waals surface area contributed by atoms with Gasteiger partial charge >= 0.3 is 12.2 Å². The summed E-state index contributed by atoms with van der Waals surface area (Å²) in [5, 5.41) is 14.0. The maximum absolute atomic E-state index is 13.3. The second kappa shape index (κ2) is 12.6. The molecule has 2 aromatic carbocycles. The second-order valence-electron chi connectivity index (χ2n) is 14.2. The van der Waals surface area contributed by atoms with Gasteiger partial charge in [0.15, 0.2) is 0 Å². The summed E-state index contributed by atoms with van der Waals surface area (Å²) in [5.41, 5.74) is 5.76. The van der Waals surface area contributed by atoms with E-state index in [4.69, 9.17) is 5.11 Å². The van der Waals surface area contributed by atoms with Crippen molar-refractivity contribution in [1.82, 2.24) is 40.4 Å². The Bertz CT molecular complexity index is 1990. The topological polar surface area (TPSA) is 186 Å². The number of nitrogens with zero attached hydrogens (tertiary/aromatic N) is 4. The van der Waals surface area contributed by atoms with Gasteiger partial charge in [-0.25, -0.2) is 19.6 Å². The monoisotopic (exact) mass is 692 g/mol. The molecule has 2 saturated heterocycles. The summed E-state index contributed by atoms with van der Waals surface area (Å²) in [6.07, 6.45) is 5.32. The largest absolute Gasteiger partial charge is 0.465 e. The minimum Gasteiger partial charge on any atom is -0.465 e. The Hall–Kier alpha value is -5.66. The summed E-state index contributed by atoms with van der Waals surface area (Å²) in [6.45, 7) is 3.25. The molecule has 2 aromatic heterocycles. The zero-order chi connectivity index (χ0) is 35.6. The number of carboxylic acid groups (broad SMARTS) is 1. The number of aromatic amines is 2. The highest BCUT2D eigenvalue weighted by Gasteiger charge is 2.56. The molecule has 4 heterocycles. The summed E-state index contributed by atoms with van der Waals surface area (Å²) in [7, 11) is 1.28. The number of piperidine rings is 2. The third-order valence-electron chi connectivity index (χ3n) is 10.9. The number of carbonyl (C=O) groups excluding carboxylic acids is 3. The average Bonchev–Trinajstić information content (AvgIpc) is 3.73. The lowest BCUT2D eigenvalue weighted by Crippen LogP contribution is -2.47. The van der Waals surface area contributed by atoms with E-state index in [0.29, 0.717) is 17.7 Å². The number of alkyl carbamates (subject to hydrolysis) is 1. The molecule has 2 aliphatic heterocycles. The van der Waals surface area contributed by atoms with Crippen molar-refractivity contribution in [3.8, 4) is 33.6 Å². The van der Waals surface area contributed by atoms with Crippen molar-refractivity contribution < 1.29 is 29.0 Å². The molecule has 4 aromatic rings. The van der Waals surface area contributed by atoms with E-state index < -0.39 is 24.3 Å². The van der Waals surface area contributed by atoms with Gasteiger partial charge in [0, 0.05) is 12.1 Å². The van der Waals surface area contributed by atoms with Crippen LogP contribution < -0.4 is 10.6 Å². The van der Waals surface area contributed by atoms with E-state index >= 15 is 0 Å². The maximum Gasteiger partial charge on any atom is 0.407 e. The van der Waals surface area contributed by atoms with Crippen LogP contribution in [0.15, 0.2) is 60.9 Å². The van der Waals surface area contributed by atoms with Gasteiger partial charge in [-0.3, -0.25) is 9.59 Å². The number of rotatable bonds is 9. The number of hydrogen-bond donors (Lipinski definition) is 5. The molecule has 8 atom stereocenters. The third-order valence-corrected chi connectivity index (χ3v) is 10.9. The minimum atomic E-state index is -1.22. The first-order chi connectivity index (χ1) is 24.6. The van der Waals surface area contributed by atoms with Gasteiger partial charge in [-0.1, -0.05) is 48.5 Å². The van der Waals surface area contributed by atoms with Crippen LogP contribution >= 0.6 is 0 Å². The molecule has 8 rings (SSSR count). The van der Waals surface area contributed by atoms with E-state index in [9.17, 15) is 19.2 Å². The first-order valence-corrected chi connectivity index (χ1v) is 17.4. The highest BCUT2D eigenvalue weighted by atomic mass is 16.5. The Balaban J connectivity index is 0.926. The molecule has 14 heteroatoms. The number of nitrogens with one attached hydrogen (secondary N) is 4. The number of H-pyrrole nitrogens is 2. The van der Waals surface area contributed by atoms with Gasteiger partial charge in [-0.2, -0.15) is 0 Å². The summed E-state index contributed by atoms with van der Waals surface area (Å²) < 4.78 is 4.67. The fraction of sp³-hybridized carbons (Fsp3) is 0.405. The van der Waals surface area contributed by atoms with Gasteiger partial charge < -0.3 is 40.2 Å². The van der Waals surface area contributed by atoms with Crippen LogP contribution in [-0.4, -0.2) is 90.1 Å². The molecule has 0 bridgehead atoms. The normalized spacial score (nSPS) is 25.4. The molecule has 4 amide bonds. The van der Waals surface area contributed by atoms with Crippen molar-refractivity contribution in [1.29, 1.82) is 0 Å². The predicted octanol–water partition coefficient (Wildman–Crippen LogP) is 4.86. The molecular weight excluding hydrogens is 652 g/mol. The Morgan fingerprint density at radius 3 is 1.53 bits per heavy atom. The van der Waals surface area contributed by atoms with Crippen LogP contribution in [0.4, 0.5) is 9.59 Å².